The van der Waals surface area contributed by atoms with Gasteiger partial charge in [0, 0.05) is 25.0 Å². The van der Waals surface area contributed by atoms with Crippen LogP contribution in [0, 0.1) is 0 Å². The summed E-state index contributed by atoms with van der Waals surface area (Å²) in [6.07, 6.45) is 1.69. The molecule has 4 nitrogen and oxygen atoms in total. The van der Waals surface area contributed by atoms with E-state index >= 15 is 0 Å². The highest BCUT2D eigenvalue weighted by atomic mass is 79.9. The second kappa shape index (κ2) is 8.44. The summed E-state index contributed by atoms with van der Waals surface area (Å²) >= 11 is 3.30. The van der Waals surface area contributed by atoms with Crippen LogP contribution in [0.5, 0.6) is 0 Å². The fraction of sp³-hybridized carbons (Fsp3) is 1.00. The molecule has 0 amide bonds. The van der Waals surface area contributed by atoms with Crippen molar-refractivity contribution in [1.29, 1.82) is 0 Å². The maximum atomic E-state index is 12.1. The van der Waals surface area contributed by atoms with Crippen molar-refractivity contribution in [3.63, 3.8) is 0 Å². The Morgan fingerprint density at radius 3 is 2.25 bits per heavy atom. The van der Waals surface area contributed by atoms with Gasteiger partial charge in [-0.25, -0.2) is 8.42 Å². The zero-order valence-electron chi connectivity index (χ0n) is 10.3. The second-order valence-corrected chi connectivity index (χ2v) is 6.41. The van der Waals surface area contributed by atoms with Crippen molar-refractivity contribution in [1.82, 2.24) is 4.31 Å². The molecule has 0 aliphatic rings. The van der Waals surface area contributed by atoms with Gasteiger partial charge < -0.3 is 4.74 Å². The van der Waals surface area contributed by atoms with Gasteiger partial charge in [0.1, 0.15) is 0 Å². The van der Waals surface area contributed by atoms with Crippen molar-refractivity contribution in [3.8, 4) is 0 Å². The molecule has 0 aliphatic carbocycles. The van der Waals surface area contributed by atoms with Gasteiger partial charge in [-0.3, -0.25) is 0 Å². The third-order valence-corrected chi connectivity index (χ3v) is 4.79. The van der Waals surface area contributed by atoms with Crippen molar-refractivity contribution in [2.75, 3.05) is 31.3 Å². The Balaban J connectivity index is 4.73. The van der Waals surface area contributed by atoms with Crippen molar-refractivity contribution in [2.45, 2.75) is 32.7 Å². The molecule has 0 unspecified atom stereocenters. The summed E-state index contributed by atoms with van der Waals surface area (Å²) in [5, 5.41) is 0.662. The van der Waals surface area contributed by atoms with E-state index in [9.17, 15) is 8.42 Å². The molecule has 0 radical (unpaired) electrons. The lowest BCUT2D eigenvalue weighted by atomic mass is 10.2. The van der Waals surface area contributed by atoms with E-state index in [1.807, 2.05) is 13.8 Å². The molecule has 0 saturated carbocycles. The summed E-state index contributed by atoms with van der Waals surface area (Å²) in [6.45, 7) is 4.81. The number of nitrogens with zero attached hydrogens (tertiary/aromatic N) is 1. The largest absolute Gasteiger partial charge is 0.384 e. The molecule has 16 heavy (non-hydrogen) atoms. The minimum Gasteiger partial charge on any atom is -0.384 e. The minimum atomic E-state index is -3.19. The van der Waals surface area contributed by atoms with Crippen LogP contribution in [0.15, 0.2) is 0 Å². The van der Waals surface area contributed by atoms with Gasteiger partial charge in [0.25, 0.3) is 0 Å². The Kier molecular flexibility index (Phi) is 8.63. The van der Waals surface area contributed by atoms with Crippen LogP contribution in [-0.2, 0) is 14.8 Å². The predicted molar refractivity (Wildman–Crippen MR) is 70.5 cm³/mol. The number of ether oxygens (including phenoxy) is 1. The summed E-state index contributed by atoms with van der Waals surface area (Å²) in [4.78, 5) is 0. The number of rotatable bonds is 9. The molecule has 0 bridgehead atoms. The van der Waals surface area contributed by atoms with E-state index < -0.39 is 10.0 Å². The van der Waals surface area contributed by atoms with Crippen molar-refractivity contribution >= 4 is 26.0 Å². The summed E-state index contributed by atoms with van der Waals surface area (Å²) in [5.41, 5.74) is 0. The first-order valence-electron chi connectivity index (χ1n) is 5.57. The second-order valence-electron chi connectivity index (χ2n) is 3.58. The summed E-state index contributed by atoms with van der Waals surface area (Å²) in [6, 6.07) is 0.0967. The van der Waals surface area contributed by atoms with Gasteiger partial charge in [0.15, 0.2) is 0 Å². The quantitative estimate of drug-likeness (QED) is 0.610. The van der Waals surface area contributed by atoms with E-state index in [2.05, 4.69) is 15.9 Å². The van der Waals surface area contributed by atoms with Crippen LogP contribution in [0.25, 0.3) is 0 Å². The van der Waals surface area contributed by atoms with Crippen LogP contribution in [0.4, 0.5) is 0 Å². The predicted octanol–water partition coefficient (Wildman–Crippen LogP) is 1.85. The van der Waals surface area contributed by atoms with Gasteiger partial charge in [-0.05, 0) is 12.8 Å². The van der Waals surface area contributed by atoms with E-state index in [0.29, 0.717) is 11.9 Å². The number of hydrogen-bond acceptors (Lipinski definition) is 3. The molecule has 0 aromatic carbocycles. The molecule has 6 heteroatoms. The van der Waals surface area contributed by atoms with Gasteiger partial charge in [0.05, 0.1) is 12.4 Å². The first-order chi connectivity index (χ1) is 7.53. The topological polar surface area (TPSA) is 46.6 Å². The Bertz CT molecular complexity index is 265. The Labute approximate surface area is 108 Å². The van der Waals surface area contributed by atoms with E-state index in [4.69, 9.17) is 4.74 Å². The lowest BCUT2D eigenvalue weighted by Crippen LogP contribution is -2.42. The molecule has 0 fully saturated rings. The smallest absolute Gasteiger partial charge is 0.216 e. The Morgan fingerprint density at radius 2 is 1.88 bits per heavy atom. The van der Waals surface area contributed by atoms with Crippen LogP contribution in [0.1, 0.15) is 26.7 Å². The Morgan fingerprint density at radius 1 is 1.31 bits per heavy atom. The maximum absolute atomic E-state index is 12.1. The SMILES string of the molecule is CCC(CC)N(CCBr)S(=O)(=O)CCOC. The Hall–Kier alpha value is 0.350. The summed E-state index contributed by atoms with van der Waals surface area (Å²) < 4.78 is 30.6. The van der Waals surface area contributed by atoms with Crippen molar-refractivity contribution < 1.29 is 13.2 Å². The highest BCUT2D eigenvalue weighted by Crippen LogP contribution is 2.14. The zero-order valence-corrected chi connectivity index (χ0v) is 12.7. The van der Waals surface area contributed by atoms with E-state index in [1.165, 1.54) is 7.11 Å². The number of sulfonamides is 1. The van der Waals surface area contributed by atoms with Gasteiger partial charge in [0.2, 0.25) is 10.0 Å². The fourth-order valence-electron chi connectivity index (χ4n) is 1.63. The van der Waals surface area contributed by atoms with E-state index in [0.717, 1.165) is 12.8 Å². The molecular weight excluding hydrogens is 294 g/mol. The van der Waals surface area contributed by atoms with Crippen molar-refractivity contribution in [3.05, 3.63) is 0 Å². The number of methoxy groups -OCH3 is 1. The third kappa shape index (κ3) is 5.12. The van der Waals surface area contributed by atoms with Crippen LogP contribution in [0.3, 0.4) is 0 Å². The average Bonchev–Trinajstić information content (AvgIpc) is 2.27. The molecular formula is C10H22BrNO3S. The molecule has 0 spiro atoms. The molecule has 0 aliphatic heterocycles. The monoisotopic (exact) mass is 315 g/mol. The summed E-state index contributed by atoms with van der Waals surface area (Å²) in [7, 11) is -1.68. The van der Waals surface area contributed by atoms with Crippen molar-refractivity contribution in [2.24, 2.45) is 0 Å². The molecule has 0 heterocycles. The van der Waals surface area contributed by atoms with Gasteiger partial charge in [-0.1, -0.05) is 29.8 Å². The molecule has 0 atom stereocenters. The first kappa shape index (κ1) is 16.4. The molecule has 0 aromatic rings. The average molecular weight is 316 g/mol. The zero-order chi connectivity index (χ0) is 12.6. The minimum absolute atomic E-state index is 0.0625. The first-order valence-corrected chi connectivity index (χ1v) is 8.30. The van der Waals surface area contributed by atoms with Crippen LogP contribution >= 0.6 is 15.9 Å². The number of alkyl halides is 1. The lowest BCUT2D eigenvalue weighted by Gasteiger charge is -2.28. The molecule has 98 valence electrons. The van der Waals surface area contributed by atoms with E-state index in [-0.39, 0.29) is 18.4 Å². The van der Waals surface area contributed by atoms with Crippen LogP contribution in [-0.4, -0.2) is 50.1 Å². The lowest BCUT2D eigenvalue weighted by molar-refractivity contribution is 0.214. The standard InChI is InChI=1S/C10H22BrNO3S/c1-4-10(5-2)12(7-6-11)16(13,14)9-8-15-3/h10H,4-9H2,1-3H3. The molecule has 0 N–H and O–H groups in total. The fourth-order valence-corrected chi connectivity index (χ4v) is 3.98. The molecule has 0 saturated heterocycles. The molecule has 0 aromatic heterocycles. The van der Waals surface area contributed by atoms with Gasteiger partial charge in [-0.15, -0.1) is 0 Å². The number of halogens is 1. The highest BCUT2D eigenvalue weighted by Gasteiger charge is 2.26. The van der Waals surface area contributed by atoms with Crippen LogP contribution < -0.4 is 0 Å². The highest BCUT2D eigenvalue weighted by molar-refractivity contribution is 9.09. The van der Waals surface area contributed by atoms with Crippen LogP contribution in [0.2, 0.25) is 0 Å². The van der Waals surface area contributed by atoms with Gasteiger partial charge in [-0.2, -0.15) is 4.31 Å². The maximum Gasteiger partial charge on any atom is 0.216 e. The normalized spacial score (nSPS) is 12.6. The van der Waals surface area contributed by atoms with E-state index in [1.54, 1.807) is 4.31 Å². The molecule has 0 rings (SSSR count). The third-order valence-electron chi connectivity index (χ3n) is 2.56. The van der Waals surface area contributed by atoms with Gasteiger partial charge >= 0.3 is 0 Å². The number of hydrogen-bond donors (Lipinski definition) is 0. The summed E-state index contributed by atoms with van der Waals surface area (Å²) in [5.74, 6) is 0.0625.